The first-order valence-corrected chi connectivity index (χ1v) is 5.63. The molecule has 0 amide bonds. The Labute approximate surface area is 102 Å². The summed E-state index contributed by atoms with van der Waals surface area (Å²) in [5.41, 5.74) is 0.955. The van der Waals surface area contributed by atoms with Crippen molar-refractivity contribution in [3.05, 3.63) is 33.3 Å². The predicted octanol–water partition coefficient (Wildman–Crippen LogP) is 2.67. The molecular weight excluding hydrogens is 281 g/mol. The van der Waals surface area contributed by atoms with Crippen LogP contribution >= 0.6 is 27.5 Å². The predicted molar refractivity (Wildman–Crippen MR) is 63.1 cm³/mol. The van der Waals surface area contributed by atoms with Gasteiger partial charge in [-0.2, -0.15) is 0 Å². The summed E-state index contributed by atoms with van der Waals surface area (Å²) < 4.78 is 0.960. The van der Waals surface area contributed by atoms with Crippen LogP contribution in [0.15, 0.2) is 22.7 Å². The van der Waals surface area contributed by atoms with Gasteiger partial charge in [-0.25, -0.2) is 0 Å². The highest BCUT2D eigenvalue weighted by molar-refractivity contribution is 9.10. The second-order valence-corrected chi connectivity index (χ2v) is 4.38. The number of aliphatic carboxylic acids is 1. The molecule has 0 aliphatic rings. The van der Waals surface area contributed by atoms with Crippen molar-refractivity contribution in [1.29, 1.82) is 0 Å². The zero-order valence-electron chi connectivity index (χ0n) is 7.96. The van der Waals surface area contributed by atoms with E-state index in [4.69, 9.17) is 16.7 Å². The quantitative estimate of drug-likeness (QED) is 0.820. The van der Waals surface area contributed by atoms with Crippen LogP contribution in [0.25, 0.3) is 0 Å². The monoisotopic (exact) mass is 291 g/mol. The third-order valence-corrected chi connectivity index (χ3v) is 2.70. The van der Waals surface area contributed by atoms with Gasteiger partial charge in [-0.3, -0.25) is 4.79 Å². The van der Waals surface area contributed by atoms with Gasteiger partial charge in [0.05, 0.1) is 6.42 Å². The summed E-state index contributed by atoms with van der Waals surface area (Å²) in [5.74, 6) is -0.803. The van der Waals surface area contributed by atoms with Gasteiger partial charge in [-0.05, 0) is 23.8 Å². The molecule has 0 fully saturated rings. The molecule has 0 atom stereocenters. The molecule has 0 heterocycles. The zero-order chi connectivity index (χ0) is 11.3. The summed E-state index contributed by atoms with van der Waals surface area (Å²) in [6.45, 7) is 1.02. The lowest BCUT2D eigenvalue weighted by Gasteiger charge is -2.06. The Morgan fingerprint density at radius 1 is 1.53 bits per heavy atom. The molecule has 0 radical (unpaired) electrons. The first-order chi connectivity index (χ1) is 7.09. The van der Waals surface area contributed by atoms with Crippen LogP contribution in [0, 0.1) is 0 Å². The Morgan fingerprint density at radius 3 is 2.93 bits per heavy atom. The van der Waals surface area contributed by atoms with Crippen molar-refractivity contribution >= 4 is 33.5 Å². The van der Waals surface area contributed by atoms with Crippen molar-refractivity contribution < 1.29 is 9.90 Å². The van der Waals surface area contributed by atoms with Gasteiger partial charge in [0.1, 0.15) is 0 Å². The van der Waals surface area contributed by atoms with Crippen molar-refractivity contribution in [3.63, 3.8) is 0 Å². The summed E-state index contributed by atoms with van der Waals surface area (Å²) in [6.07, 6.45) is 0.117. The normalized spacial score (nSPS) is 10.3. The molecule has 0 saturated carbocycles. The Balaban J connectivity index is 2.43. The molecule has 0 aliphatic carbocycles. The van der Waals surface area contributed by atoms with Gasteiger partial charge < -0.3 is 10.4 Å². The number of carbonyl (C=O) groups is 1. The standard InChI is InChI=1S/C10H11BrClNO2/c11-8-1-2-9(12)7(5-8)6-13-4-3-10(14)15/h1-2,5,13H,3-4,6H2,(H,14,15). The Hall–Kier alpha value is -0.580. The van der Waals surface area contributed by atoms with Gasteiger partial charge in [0, 0.05) is 22.6 Å². The van der Waals surface area contributed by atoms with E-state index in [0.29, 0.717) is 18.1 Å². The highest BCUT2D eigenvalue weighted by Gasteiger charge is 2.01. The number of rotatable bonds is 5. The van der Waals surface area contributed by atoms with E-state index in [9.17, 15) is 4.79 Å². The van der Waals surface area contributed by atoms with E-state index in [1.807, 2.05) is 12.1 Å². The summed E-state index contributed by atoms with van der Waals surface area (Å²) in [7, 11) is 0. The van der Waals surface area contributed by atoms with Crippen LogP contribution in [0.5, 0.6) is 0 Å². The summed E-state index contributed by atoms with van der Waals surface area (Å²) in [6, 6.07) is 5.58. The lowest BCUT2D eigenvalue weighted by atomic mass is 10.2. The minimum Gasteiger partial charge on any atom is -0.481 e. The van der Waals surface area contributed by atoms with Crippen LogP contribution in [0.2, 0.25) is 5.02 Å². The van der Waals surface area contributed by atoms with E-state index in [0.717, 1.165) is 10.0 Å². The van der Waals surface area contributed by atoms with Crippen molar-refractivity contribution in [3.8, 4) is 0 Å². The van der Waals surface area contributed by atoms with Crippen molar-refractivity contribution in [2.24, 2.45) is 0 Å². The molecule has 1 aromatic rings. The van der Waals surface area contributed by atoms with Crippen LogP contribution in [0.1, 0.15) is 12.0 Å². The summed E-state index contributed by atoms with van der Waals surface area (Å²) in [5, 5.41) is 12.1. The lowest BCUT2D eigenvalue weighted by molar-refractivity contribution is -0.136. The fourth-order valence-corrected chi connectivity index (χ4v) is 1.69. The van der Waals surface area contributed by atoms with Gasteiger partial charge in [0.15, 0.2) is 0 Å². The first kappa shape index (κ1) is 12.5. The van der Waals surface area contributed by atoms with Gasteiger partial charge in [0.25, 0.3) is 0 Å². The van der Waals surface area contributed by atoms with Gasteiger partial charge in [0.2, 0.25) is 0 Å². The molecule has 0 aliphatic heterocycles. The van der Waals surface area contributed by atoms with Crippen LogP contribution < -0.4 is 5.32 Å². The average molecular weight is 293 g/mol. The molecule has 82 valence electrons. The van der Waals surface area contributed by atoms with Gasteiger partial charge >= 0.3 is 5.97 Å². The second-order valence-electron chi connectivity index (χ2n) is 3.06. The number of nitrogens with one attached hydrogen (secondary N) is 1. The molecule has 0 unspecified atom stereocenters. The Morgan fingerprint density at radius 2 is 2.27 bits per heavy atom. The Bertz CT molecular complexity index is 357. The van der Waals surface area contributed by atoms with Crippen LogP contribution in [-0.2, 0) is 11.3 Å². The topological polar surface area (TPSA) is 49.3 Å². The van der Waals surface area contributed by atoms with Crippen LogP contribution in [-0.4, -0.2) is 17.6 Å². The molecule has 0 spiro atoms. The first-order valence-electron chi connectivity index (χ1n) is 4.46. The minimum atomic E-state index is -0.803. The molecule has 2 N–H and O–H groups in total. The third kappa shape index (κ3) is 4.64. The van der Waals surface area contributed by atoms with Crippen LogP contribution in [0.4, 0.5) is 0 Å². The highest BCUT2D eigenvalue weighted by atomic mass is 79.9. The van der Waals surface area contributed by atoms with E-state index < -0.39 is 5.97 Å². The molecule has 15 heavy (non-hydrogen) atoms. The molecule has 0 bridgehead atoms. The summed E-state index contributed by atoms with van der Waals surface area (Å²) in [4.78, 5) is 10.3. The van der Waals surface area contributed by atoms with Gasteiger partial charge in [-0.1, -0.05) is 27.5 Å². The lowest BCUT2D eigenvalue weighted by Crippen LogP contribution is -2.17. The molecule has 0 saturated heterocycles. The average Bonchev–Trinajstić information content (AvgIpc) is 2.17. The van der Waals surface area contributed by atoms with E-state index in [-0.39, 0.29) is 6.42 Å². The molecule has 0 aromatic heterocycles. The van der Waals surface area contributed by atoms with E-state index >= 15 is 0 Å². The fourth-order valence-electron chi connectivity index (χ4n) is 1.10. The molecule has 1 aromatic carbocycles. The van der Waals surface area contributed by atoms with E-state index in [1.165, 1.54) is 0 Å². The van der Waals surface area contributed by atoms with Crippen molar-refractivity contribution in [1.82, 2.24) is 5.32 Å². The van der Waals surface area contributed by atoms with Crippen molar-refractivity contribution in [2.75, 3.05) is 6.54 Å². The third-order valence-electron chi connectivity index (χ3n) is 1.84. The number of carboxylic acids is 1. The zero-order valence-corrected chi connectivity index (χ0v) is 10.3. The maximum Gasteiger partial charge on any atom is 0.304 e. The Kier molecular flexibility index (Phi) is 5.08. The van der Waals surface area contributed by atoms with E-state index in [2.05, 4.69) is 21.2 Å². The molecule has 1 rings (SSSR count). The molecular formula is C10H11BrClNO2. The molecule has 3 nitrogen and oxygen atoms in total. The minimum absolute atomic E-state index is 0.117. The molecule has 5 heteroatoms. The number of hydrogen-bond acceptors (Lipinski definition) is 2. The SMILES string of the molecule is O=C(O)CCNCc1cc(Br)ccc1Cl. The number of hydrogen-bond donors (Lipinski definition) is 2. The van der Waals surface area contributed by atoms with E-state index in [1.54, 1.807) is 6.07 Å². The number of halogens is 2. The smallest absolute Gasteiger partial charge is 0.304 e. The maximum atomic E-state index is 10.3. The van der Waals surface area contributed by atoms with Crippen molar-refractivity contribution in [2.45, 2.75) is 13.0 Å². The van der Waals surface area contributed by atoms with Crippen LogP contribution in [0.3, 0.4) is 0 Å². The van der Waals surface area contributed by atoms with Gasteiger partial charge in [-0.15, -0.1) is 0 Å². The largest absolute Gasteiger partial charge is 0.481 e. The maximum absolute atomic E-state index is 10.3. The second kappa shape index (κ2) is 6.10. The number of carboxylic acid groups (broad SMARTS) is 1. The number of benzene rings is 1. The highest BCUT2D eigenvalue weighted by Crippen LogP contribution is 2.20. The fraction of sp³-hybridized carbons (Fsp3) is 0.300. The summed E-state index contributed by atoms with van der Waals surface area (Å²) >= 11 is 9.31.